The molecule has 0 aliphatic carbocycles. The number of carbonyl (C=O) groups is 3. The van der Waals surface area contributed by atoms with Gasteiger partial charge in [-0.15, -0.1) is 0 Å². The van der Waals surface area contributed by atoms with E-state index in [9.17, 15) is 14.4 Å². The Morgan fingerprint density at radius 2 is 1.92 bits per heavy atom. The molecule has 0 bridgehead atoms. The van der Waals surface area contributed by atoms with Gasteiger partial charge in [-0.3, -0.25) is 14.4 Å². The van der Waals surface area contributed by atoms with E-state index in [1.807, 2.05) is 26.0 Å². The SMILES string of the molecule is CC(C)NC(=O)[C@H](C)N1CC[C@]2(CCC1=O)CC(=O)c1ccccc1O2. The van der Waals surface area contributed by atoms with E-state index in [0.29, 0.717) is 30.7 Å². The molecule has 1 saturated heterocycles. The first-order valence-corrected chi connectivity index (χ1v) is 9.22. The Balaban J connectivity index is 1.76. The first-order chi connectivity index (χ1) is 12.3. The van der Waals surface area contributed by atoms with E-state index in [4.69, 9.17) is 4.74 Å². The minimum absolute atomic E-state index is 0.0224. The van der Waals surface area contributed by atoms with E-state index in [1.54, 1.807) is 24.0 Å². The van der Waals surface area contributed by atoms with Crippen LogP contribution in [0.1, 0.15) is 56.8 Å². The van der Waals surface area contributed by atoms with Gasteiger partial charge < -0.3 is 15.0 Å². The zero-order chi connectivity index (χ0) is 18.9. The highest BCUT2D eigenvalue weighted by Gasteiger charge is 2.44. The molecule has 1 N–H and O–H groups in total. The van der Waals surface area contributed by atoms with Crippen molar-refractivity contribution >= 4 is 17.6 Å². The number of hydrogen-bond acceptors (Lipinski definition) is 4. The van der Waals surface area contributed by atoms with Gasteiger partial charge in [-0.25, -0.2) is 0 Å². The average Bonchev–Trinajstić information content (AvgIpc) is 2.73. The van der Waals surface area contributed by atoms with Crippen LogP contribution in [0.15, 0.2) is 24.3 Å². The van der Waals surface area contributed by atoms with E-state index in [0.717, 1.165) is 0 Å². The summed E-state index contributed by atoms with van der Waals surface area (Å²) in [4.78, 5) is 39.1. The predicted molar refractivity (Wildman–Crippen MR) is 97.1 cm³/mol. The molecule has 0 unspecified atom stereocenters. The highest BCUT2D eigenvalue weighted by Crippen LogP contribution is 2.39. The van der Waals surface area contributed by atoms with Crippen molar-refractivity contribution in [3.8, 4) is 5.75 Å². The molecule has 1 aromatic carbocycles. The molecular weight excluding hydrogens is 332 g/mol. The molecule has 26 heavy (non-hydrogen) atoms. The molecule has 2 aliphatic heterocycles. The van der Waals surface area contributed by atoms with Gasteiger partial charge in [0.15, 0.2) is 5.78 Å². The van der Waals surface area contributed by atoms with Gasteiger partial charge in [0.25, 0.3) is 0 Å². The average molecular weight is 358 g/mol. The first kappa shape index (κ1) is 18.4. The summed E-state index contributed by atoms with van der Waals surface area (Å²) in [5, 5.41) is 2.85. The molecule has 6 nitrogen and oxygen atoms in total. The molecule has 0 radical (unpaired) electrons. The number of fused-ring (bicyclic) bond motifs is 1. The Morgan fingerprint density at radius 1 is 1.19 bits per heavy atom. The Morgan fingerprint density at radius 3 is 2.65 bits per heavy atom. The van der Waals surface area contributed by atoms with Crippen LogP contribution in [0.2, 0.25) is 0 Å². The molecule has 3 rings (SSSR count). The summed E-state index contributed by atoms with van der Waals surface area (Å²) in [6.45, 7) is 5.93. The zero-order valence-corrected chi connectivity index (χ0v) is 15.6. The van der Waals surface area contributed by atoms with Crippen LogP contribution in [0.25, 0.3) is 0 Å². The highest BCUT2D eigenvalue weighted by atomic mass is 16.5. The van der Waals surface area contributed by atoms with Crippen molar-refractivity contribution < 1.29 is 19.1 Å². The monoisotopic (exact) mass is 358 g/mol. The third-order valence-corrected chi connectivity index (χ3v) is 5.20. The number of nitrogens with one attached hydrogen (secondary N) is 1. The van der Waals surface area contributed by atoms with E-state index in [-0.39, 0.29) is 36.5 Å². The lowest BCUT2D eigenvalue weighted by atomic mass is 9.84. The fraction of sp³-hybridized carbons (Fsp3) is 0.550. The second-order valence-electron chi connectivity index (χ2n) is 7.56. The quantitative estimate of drug-likeness (QED) is 0.900. The van der Waals surface area contributed by atoms with Crippen LogP contribution in [0, 0.1) is 0 Å². The number of para-hydroxylation sites is 1. The van der Waals surface area contributed by atoms with Gasteiger partial charge in [-0.2, -0.15) is 0 Å². The molecule has 1 aromatic rings. The van der Waals surface area contributed by atoms with Crippen molar-refractivity contribution in [2.45, 2.75) is 64.1 Å². The zero-order valence-electron chi connectivity index (χ0n) is 15.6. The molecular formula is C20H26N2O4. The number of Topliss-reactive ketones (excluding diaryl/α,β-unsaturated/α-hetero) is 1. The number of nitrogens with zero attached hydrogens (tertiary/aromatic N) is 1. The highest BCUT2D eigenvalue weighted by molar-refractivity contribution is 6.00. The van der Waals surface area contributed by atoms with Crippen LogP contribution in [0.3, 0.4) is 0 Å². The molecule has 2 heterocycles. The van der Waals surface area contributed by atoms with Crippen LogP contribution < -0.4 is 10.1 Å². The molecule has 2 amide bonds. The number of hydrogen-bond donors (Lipinski definition) is 1. The summed E-state index contributed by atoms with van der Waals surface area (Å²) < 4.78 is 6.21. The summed E-state index contributed by atoms with van der Waals surface area (Å²) in [6.07, 6.45) is 1.57. The van der Waals surface area contributed by atoms with Crippen molar-refractivity contribution in [3.05, 3.63) is 29.8 Å². The molecule has 140 valence electrons. The van der Waals surface area contributed by atoms with Crippen molar-refractivity contribution in [1.29, 1.82) is 0 Å². The minimum Gasteiger partial charge on any atom is -0.486 e. The third-order valence-electron chi connectivity index (χ3n) is 5.20. The van der Waals surface area contributed by atoms with Gasteiger partial charge in [-0.1, -0.05) is 12.1 Å². The molecule has 1 fully saturated rings. The van der Waals surface area contributed by atoms with Crippen LogP contribution in [0.5, 0.6) is 5.75 Å². The lowest BCUT2D eigenvalue weighted by molar-refractivity contribution is -0.139. The van der Waals surface area contributed by atoms with Crippen molar-refractivity contribution in [1.82, 2.24) is 10.2 Å². The molecule has 0 saturated carbocycles. The Hall–Kier alpha value is -2.37. The third kappa shape index (κ3) is 3.59. The Kier molecular flexibility index (Phi) is 5.03. The number of ether oxygens (including phenoxy) is 1. The predicted octanol–water partition coefficient (Wildman–Crippen LogP) is 2.32. The fourth-order valence-electron chi connectivity index (χ4n) is 3.73. The largest absolute Gasteiger partial charge is 0.486 e. The summed E-state index contributed by atoms with van der Waals surface area (Å²) in [6, 6.07) is 6.73. The number of benzene rings is 1. The van der Waals surface area contributed by atoms with E-state index in [2.05, 4.69) is 5.32 Å². The summed E-state index contributed by atoms with van der Waals surface area (Å²) in [5.41, 5.74) is -0.0559. The first-order valence-electron chi connectivity index (χ1n) is 9.22. The fourth-order valence-corrected chi connectivity index (χ4v) is 3.73. The second kappa shape index (κ2) is 7.09. The van der Waals surface area contributed by atoms with Crippen molar-refractivity contribution in [3.63, 3.8) is 0 Å². The van der Waals surface area contributed by atoms with Crippen molar-refractivity contribution in [2.24, 2.45) is 0 Å². The van der Waals surface area contributed by atoms with Crippen LogP contribution in [-0.2, 0) is 9.59 Å². The maximum absolute atomic E-state index is 12.6. The van der Waals surface area contributed by atoms with Gasteiger partial charge in [0.2, 0.25) is 11.8 Å². The van der Waals surface area contributed by atoms with Crippen LogP contribution in [-0.4, -0.2) is 46.7 Å². The number of likely N-dealkylation sites (tertiary alicyclic amines) is 1. The number of carbonyl (C=O) groups excluding carboxylic acids is 3. The smallest absolute Gasteiger partial charge is 0.242 e. The summed E-state index contributed by atoms with van der Waals surface area (Å²) >= 11 is 0. The van der Waals surface area contributed by atoms with E-state index in [1.165, 1.54) is 0 Å². The lowest BCUT2D eigenvalue weighted by Crippen LogP contribution is -2.50. The van der Waals surface area contributed by atoms with Gasteiger partial charge in [0.05, 0.1) is 12.0 Å². The topological polar surface area (TPSA) is 75.7 Å². The molecule has 0 aromatic heterocycles. The number of ketones is 1. The Bertz CT molecular complexity index is 730. The molecule has 2 aliphatic rings. The molecule has 1 spiro atoms. The van der Waals surface area contributed by atoms with E-state index >= 15 is 0 Å². The summed E-state index contributed by atoms with van der Waals surface area (Å²) in [5.74, 6) is 0.423. The number of amides is 2. The van der Waals surface area contributed by atoms with E-state index < -0.39 is 11.6 Å². The van der Waals surface area contributed by atoms with Crippen molar-refractivity contribution in [2.75, 3.05) is 6.54 Å². The Labute approximate surface area is 153 Å². The van der Waals surface area contributed by atoms with Gasteiger partial charge in [0.1, 0.15) is 17.4 Å². The molecule has 6 heteroatoms. The lowest BCUT2D eigenvalue weighted by Gasteiger charge is -2.37. The summed E-state index contributed by atoms with van der Waals surface area (Å²) in [7, 11) is 0. The molecule has 2 atom stereocenters. The van der Waals surface area contributed by atoms with Gasteiger partial charge in [0, 0.05) is 25.4 Å². The van der Waals surface area contributed by atoms with Crippen LogP contribution >= 0.6 is 0 Å². The minimum atomic E-state index is -0.663. The van der Waals surface area contributed by atoms with Crippen LogP contribution in [0.4, 0.5) is 0 Å². The normalized spacial score (nSPS) is 24.1. The standard InChI is InChI=1S/C20H26N2O4/c1-13(2)21-19(25)14(3)22-11-10-20(9-8-18(22)24)12-16(23)15-6-4-5-7-17(15)26-20/h4-7,13-14H,8-12H2,1-3H3,(H,21,25)/t14-,20+/m0/s1. The van der Waals surface area contributed by atoms with Gasteiger partial charge in [-0.05, 0) is 39.3 Å². The van der Waals surface area contributed by atoms with Gasteiger partial charge >= 0.3 is 0 Å². The maximum atomic E-state index is 12.6. The second-order valence-corrected chi connectivity index (χ2v) is 7.56. The number of rotatable bonds is 3. The maximum Gasteiger partial charge on any atom is 0.242 e.